The molecule has 0 aromatic carbocycles. The van der Waals surface area contributed by atoms with Crippen molar-refractivity contribution in [1.29, 1.82) is 0 Å². The number of carbonyl (C=O) groups is 1. The Morgan fingerprint density at radius 3 is 2.88 bits per heavy atom. The fourth-order valence-electron chi connectivity index (χ4n) is 1.83. The first-order valence-corrected chi connectivity index (χ1v) is 5.15. The molecule has 6 heteroatoms. The predicted octanol–water partition coefficient (Wildman–Crippen LogP) is 1.02. The summed E-state index contributed by atoms with van der Waals surface area (Å²) in [6, 6.07) is 2.11. The van der Waals surface area contributed by atoms with Crippen molar-refractivity contribution in [2.75, 3.05) is 20.2 Å². The number of nitrogens with zero attached hydrogens (tertiary/aromatic N) is 2. The molecule has 1 aliphatic rings. The van der Waals surface area contributed by atoms with E-state index < -0.39 is 0 Å². The fraction of sp³-hybridized carbons (Fsp3) is 0.600. The molecule has 2 rings (SSSR count). The molecule has 0 saturated carbocycles. The van der Waals surface area contributed by atoms with Crippen LogP contribution in [-0.2, 0) is 4.74 Å². The highest BCUT2D eigenvalue weighted by Gasteiger charge is 2.17. The van der Waals surface area contributed by atoms with E-state index in [2.05, 4.69) is 15.2 Å². The molecule has 1 aliphatic heterocycles. The first kappa shape index (κ1) is 13.0. The summed E-state index contributed by atoms with van der Waals surface area (Å²) in [6.45, 7) is 2.02. The zero-order valence-electron chi connectivity index (χ0n) is 9.18. The number of hydrogen-bond acceptors (Lipinski definition) is 4. The van der Waals surface area contributed by atoms with Gasteiger partial charge in [0.15, 0.2) is 5.69 Å². The normalized spacial score (nSPS) is 16.6. The van der Waals surface area contributed by atoms with Crippen molar-refractivity contribution >= 4 is 18.4 Å². The van der Waals surface area contributed by atoms with Gasteiger partial charge in [0, 0.05) is 6.20 Å². The van der Waals surface area contributed by atoms with Gasteiger partial charge in [-0.25, -0.2) is 4.79 Å². The first-order valence-electron chi connectivity index (χ1n) is 5.15. The van der Waals surface area contributed by atoms with Crippen molar-refractivity contribution in [2.45, 2.75) is 18.9 Å². The topological polar surface area (TPSA) is 56.1 Å². The second-order valence-corrected chi connectivity index (χ2v) is 3.65. The van der Waals surface area contributed by atoms with Crippen LogP contribution in [-0.4, -0.2) is 35.9 Å². The zero-order valence-corrected chi connectivity index (χ0v) is 10.00. The predicted molar refractivity (Wildman–Crippen MR) is 62.0 cm³/mol. The van der Waals surface area contributed by atoms with E-state index in [9.17, 15) is 4.79 Å². The van der Waals surface area contributed by atoms with E-state index in [-0.39, 0.29) is 18.4 Å². The fourth-order valence-corrected chi connectivity index (χ4v) is 1.83. The van der Waals surface area contributed by atoms with Crippen molar-refractivity contribution in [3.8, 4) is 0 Å². The number of hydrogen-bond donors (Lipinski definition) is 1. The molecule has 0 spiro atoms. The van der Waals surface area contributed by atoms with Gasteiger partial charge in [0.25, 0.3) is 0 Å². The second-order valence-electron chi connectivity index (χ2n) is 3.65. The van der Waals surface area contributed by atoms with Gasteiger partial charge in [-0.05, 0) is 32.0 Å². The van der Waals surface area contributed by atoms with Crippen molar-refractivity contribution < 1.29 is 9.53 Å². The molecule has 5 nitrogen and oxygen atoms in total. The van der Waals surface area contributed by atoms with Crippen molar-refractivity contribution in [1.82, 2.24) is 15.1 Å². The van der Waals surface area contributed by atoms with Crippen LogP contribution in [0.5, 0.6) is 0 Å². The summed E-state index contributed by atoms with van der Waals surface area (Å²) in [4.78, 5) is 11.2. The maximum Gasteiger partial charge on any atom is 0.358 e. The molecule has 90 valence electrons. The third kappa shape index (κ3) is 2.74. The minimum Gasteiger partial charge on any atom is -0.464 e. The molecule has 2 heterocycles. The molecule has 0 bridgehead atoms. The molecular weight excluding hydrogens is 230 g/mol. The molecule has 16 heavy (non-hydrogen) atoms. The Hall–Kier alpha value is -1.07. The highest BCUT2D eigenvalue weighted by molar-refractivity contribution is 5.86. The molecule has 0 radical (unpaired) electrons. The standard InChI is InChI=1S/C10H15N3O2.ClH/c1-15-10(14)9-4-7-13(12-9)8-2-5-11-6-3-8;/h4,7-8,11H,2-3,5-6H2,1H3;1H. The minimum absolute atomic E-state index is 0. The molecule has 1 N–H and O–H groups in total. The molecule has 0 amide bonds. The van der Waals surface area contributed by atoms with Crippen molar-refractivity contribution in [3.05, 3.63) is 18.0 Å². The SMILES string of the molecule is COC(=O)c1ccn(C2CCNCC2)n1.Cl. The number of halogens is 1. The van der Waals surface area contributed by atoms with Crippen LogP contribution in [0.25, 0.3) is 0 Å². The zero-order chi connectivity index (χ0) is 10.7. The molecule has 1 aromatic rings. The van der Waals surface area contributed by atoms with Crippen LogP contribution in [0.15, 0.2) is 12.3 Å². The number of ether oxygens (including phenoxy) is 1. The summed E-state index contributed by atoms with van der Waals surface area (Å²) < 4.78 is 6.48. The van der Waals surface area contributed by atoms with E-state index in [4.69, 9.17) is 0 Å². The van der Waals surface area contributed by atoms with Crippen LogP contribution in [0.1, 0.15) is 29.4 Å². The lowest BCUT2D eigenvalue weighted by Crippen LogP contribution is -2.29. The summed E-state index contributed by atoms with van der Waals surface area (Å²) in [5.74, 6) is -0.373. The van der Waals surface area contributed by atoms with E-state index in [1.165, 1.54) is 7.11 Å². The molecule has 1 fully saturated rings. The van der Waals surface area contributed by atoms with Gasteiger partial charge in [0.2, 0.25) is 0 Å². The van der Waals surface area contributed by atoms with Gasteiger partial charge in [0.05, 0.1) is 13.2 Å². The molecule has 1 aromatic heterocycles. The molecule has 1 saturated heterocycles. The second kappa shape index (κ2) is 5.86. The summed E-state index contributed by atoms with van der Waals surface area (Å²) in [5, 5.41) is 7.51. The number of piperidine rings is 1. The van der Waals surface area contributed by atoms with Crippen LogP contribution >= 0.6 is 12.4 Å². The lowest BCUT2D eigenvalue weighted by Gasteiger charge is -2.22. The third-order valence-electron chi connectivity index (χ3n) is 2.69. The number of aromatic nitrogens is 2. The van der Waals surface area contributed by atoms with Gasteiger partial charge < -0.3 is 10.1 Å². The molecule has 0 aliphatic carbocycles. The highest BCUT2D eigenvalue weighted by Crippen LogP contribution is 2.17. The largest absolute Gasteiger partial charge is 0.464 e. The highest BCUT2D eigenvalue weighted by atomic mass is 35.5. The van der Waals surface area contributed by atoms with Gasteiger partial charge >= 0.3 is 5.97 Å². The summed E-state index contributed by atoms with van der Waals surface area (Å²) >= 11 is 0. The van der Waals surface area contributed by atoms with Crippen LogP contribution in [0.3, 0.4) is 0 Å². The Morgan fingerprint density at radius 2 is 2.25 bits per heavy atom. The molecule has 0 atom stereocenters. The van der Waals surface area contributed by atoms with Gasteiger partial charge in [-0.1, -0.05) is 0 Å². The smallest absolute Gasteiger partial charge is 0.358 e. The maximum absolute atomic E-state index is 11.2. The van der Waals surface area contributed by atoms with Crippen LogP contribution in [0.4, 0.5) is 0 Å². The van der Waals surface area contributed by atoms with Gasteiger partial charge in [-0.15, -0.1) is 12.4 Å². The monoisotopic (exact) mass is 245 g/mol. The van der Waals surface area contributed by atoms with Crippen LogP contribution in [0.2, 0.25) is 0 Å². The maximum atomic E-state index is 11.2. The molecular formula is C10H16ClN3O2. The Labute approximate surface area is 101 Å². The Bertz CT molecular complexity index is 348. The third-order valence-corrected chi connectivity index (χ3v) is 2.69. The number of rotatable bonds is 2. The minimum atomic E-state index is -0.373. The average molecular weight is 246 g/mol. The van der Waals surface area contributed by atoms with Crippen LogP contribution < -0.4 is 5.32 Å². The number of methoxy groups -OCH3 is 1. The summed E-state index contributed by atoms with van der Waals surface area (Å²) in [6.07, 6.45) is 3.97. The quantitative estimate of drug-likeness (QED) is 0.791. The summed E-state index contributed by atoms with van der Waals surface area (Å²) in [5.41, 5.74) is 0.385. The number of carbonyl (C=O) groups excluding carboxylic acids is 1. The summed E-state index contributed by atoms with van der Waals surface area (Å²) in [7, 11) is 1.37. The van der Waals surface area contributed by atoms with E-state index in [1.807, 2.05) is 10.9 Å². The van der Waals surface area contributed by atoms with Crippen molar-refractivity contribution in [2.24, 2.45) is 0 Å². The van der Waals surface area contributed by atoms with E-state index >= 15 is 0 Å². The Balaban J connectivity index is 0.00000128. The van der Waals surface area contributed by atoms with E-state index in [0.717, 1.165) is 25.9 Å². The Kier molecular flexibility index (Phi) is 4.76. The molecule has 0 unspecified atom stereocenters. The van der Waals surface area contributed by atoms with Gasteiger partial charge in [-0.2, -0.15) is 5.10 Å². The van der Waals surface area contributed by atoms with E-state index in [0.29, 0.717) is 11.7 Å². The van der Waals surface area contributed by atoms with Gasteiger partial charge in [-0.3, -0.25) is 4.68 Å². The lowest BCUT2D eigenvalue weighted by molar-refractivity contribution is 0.0592. The lowest BCUT2D eigenvalue weighted by atomic mass is 10.1. The van der Waals surface area contributed by atoms with E-state index in [1.54, 1.807) is 6.07 Å². The number of nitrogens with one attached hydrogen (secondary N) is 1. The van der Waals surface area contributed by atoms with Gasteiger partial charge in [0.1, 0.15) is 0 Å². The average Bonchev–Trinajstić information content (AvgIpc) is 2.78. The Morgan fingerprint density at radius 1 is 1.56 bits per heavy atom. The van der Waals surface area contributed by atoms with Crippen molar-refractivity contribution in [3.63, 3.8) is 0 Å². The first-order chi connectivity index (χ1) is 7.31. The van der Waals surface area contributed by atoms with Crippen LogP contribution in [0, 0.1) is 0 Å². The number of esters is 1.